The van der Waals surface area contributed by atoms with Gasteiger partial charge in [-0.15, -0.1) is 0 Å². The van der Waals surface area contributed by atoms with Crippen LogP contribution >= 0.6 is 0 Å². The zero-order valence-electron chi connectivity index (χ0n) is 11.6. The van der Waals surface area contributed by atoms with Crippen LogP contribution in [0.15, 0.2) is 5.16 Å². The van der Waals surface area contributed by atoms with Crippen LogP contribution in [0.25, 0.3) is 0 Å². The highest BCUT2D eigenvalue weighted by Gasteiger charge is 2.33. The first-order chi connectivity index (χ1) is 8.65. The van der Waals surface area contributed by atoms with Gasteiger partial charge in [0.25, 0.3) is 0 Å². The third kappa shape index (κ3) is 4.46. The smallest absolute Gasteiger partial charge is 0.139 e. The minimum atomic E-state index is 0.0709. The van der Waals surface area contributed by atoms with E-state index in [0.717, 1.165) is 45.3 Å². The number of amidine groups is 1. The first kappa shape index (κ1) is 15.2. The van der Waals surface area contributed by atoms with Crippen LogP contribution in [0.2, 0.25) is 0 Å². The van der Waals surface area contributed by atoms with Gasteiger partial charge >= 0.3 is 0 Å². The zero-order valence-corrected chi connectivity index (χ0v) is 11.6. The van der Waals surface area contributed by atoms with Crippen LogP contribution in [0.4, 0.5) is 0 Å². The lowest BCUT2D eigenvalue weighted by Crippen LogP contribution is -2.46. The van der Waals surface area contributed by atoms with E-state index in [2.05, 4.69) is 24.3 Å². The standard InChI is InChI=1S/C13H27N3O2/c1-3-13(4-2)10-11(7-9-18-13)15-8-5-6-12(14)16-17/h11,15,17H,3-10H2,1-2H3,(H2,14,16). The molecule has 0 radical (unpaired) electrons. The maximum atomic E-state index is 8.44. The van der Waals surface area contributed by atoms with Crippen LogP contribution < -0.4 is 11.1 Å². The molecule has 106 valence electrons. The van der Waals surface area contributed by atoms with E-state index in [1.807, 2.05) is 0 Å². The Kier molecular flexibility index (Phi) is 6.43. The van der Waals surface area contributed by atoms with Gasteiger partial charge in [0.05, 0.1) is 5.60 Å². The molecular formula is C13H27N3O2. The molecule has 0 spiro atoms. The predicted octanol–water partition coefficient (Wildman–Crippen LogP) is 1.84. The maximum Gasteiger partial charge on any atom is 0.139 e. The zero-order chi connectivity index (χ0) is 13.4. The summed E-state index contributed by atoms with van der Waals surface area (Å²) >= 11 is 0. The topological polar surface area (TPSA) is 79.9 Å². The molecule has 0 saturated carbocycles. The molecule has 18 heavy (non-hydrogen) atoms. The van der Waals surface area contributed by atoms with Gasteiger partial charge in [-0.3, -0.25) is 0 Å². The molecular weight excluding hydrogens is 230 g/mol. The van der Waals surface area contributed by atoms with Crippen LogP contribution in [-0.4, -0.2) is 35.8 Å². The van der Waals surface area contributed by atoms with Crippen LogP contribution in [0.3, 0.4) is 0 Å². The molecule has 0 amide bonds. The van der Waals surface area contributed by atoms with Gasteiger partial charge < -0.3 is 21.0 Å². The fourth-order valence-electron chi connectivity index (χ4n) is 2.57. The fraction of sp³-hybridized carbons (Fsp3) is 0.923. The summed E-state index contributed by atoms with van der Waals surface area (Å²) in [6, 6.07) is 0.533. The number of oxime groups is 1. The van der Waals surface area contributed by atoms with E-state index in [9.17, 15) is 0 Å². The van der Waals surface area contributed by atoms with E-state index in [4.69, 9.17) is 15.7 Å². The van der Waals surface area contributed by atoms with Crippen molar-refractivity contribution in [1.82, 2.24) is 5.32 Å². The first-order valence-electron chi connectivity index (χ1n) is 6.99. The number of nitrogens with one attached hydrogen (secondary N) is 1. The number of hydrogen-bond donors (Lipinski definition) is 3. The second-order valence-electron chi connectivity index (χ2n) is 5.08. The summed E-state index contributed by atoms with van der Waals surface area (Å²) in [5.41, 5.74) is 5.50. The number of nitrogens with zero attached hydrogens (tertiary/aromatic N) is 1. The van der Waals surface area contributed by atoms with Crippen molar-refractivity contribution in [2.45, 2.75) is 64.0 Å². The van der Waals surface area contributed by atoms with Crippen LogP contribution in [0.1, 0.15) is 52.4 Å². The summed E-state index contributed by atoms with van der Waals surface area (Å²) in [7, 11) is 0. The lowest BCUT2D eigenvalue weighted by atomic mass is 9.86. The average Bonchev–Trinajstić information content (AvgIpc) is 2.43. The Morgan fingerprint density at radius 3 is 2.83 bits per heavy atom. The van der Waals surface area contributed by atoms with E-state index in [1.54, 1.807) is 0 Å². The minimum Gasteiger partial charge on any atom is -0.409 e. The minimum absolute atomic E-state index is 0.0709. The fourth-order valence-corrected chi connectivity index (χ4v) is 2.57. The van der Waals surface area contributed by atoms with Gasteiger partial charge in [-0.25, -0.2) is 0 Å². The SMILES string of the molecule is CCC1(CC)CC(NCCCC(N)=NO)CCO1. The van der Waals surface area contributed by atoms with Gasteiger partial charge in [-0.2, -0.15) is 0 Å². The molecule has 1 unspecified atom stereocenters. The number of nitrogens with two attached hydrogens (primary N) is 1. The quantitative estimate of drug-likeness (QED) is 0.214. The van der Waals surface area contributed by atoms with Crippen molar-refractivity contribution in [3.63, 3.8) is 0 Å². The van der Waals surface area contributed by atoms with Crippen LogP contribution in [0.5, 0.6) is 0 Å². The van der Waals surface area contributed by atoms with Gasteiger partial charge in [0.2, 0.25) is 0 Å². The Morgan fingerprint density at radius 2 is 2.22 bits per heavy atom. The third-order valence-corrected chi connectivity index (χ3v) is 3.95. The monoisotopic (exact) mass is 257 g/mol. The van der Waals surface area contributed by atoms with Gasteiger partial charge in [-0.1, -0.05) is 19.0 Å². The molecule has 4 N–H and O–H groups in total. The summed E-state index contributed by atoms with van der Waals surface area (Å²) in [5.74, 6) is 0.306. The molecule has 1 aliphatic heterocycles. The van der Waals surface area contributed by atoms with Crippen molar-refractivity contribution in [1.29, 1.82) is 0 Å². The van der Waals surface area contributed by atoms with E-state index in [-0.39, 0.29) is 5.60 Å². The summed E-state index contributed by atoms with van der Waals surface area (Å²) < 4.78 is 5.94. The number of rotatable bonds is 7. The molecule has 5 heteroatoms. The van der Waals surface area contributed by atoms with Crippen LogP contribution in [0, 0.1) is 0 Å². The molecule has 1 saturated heterocycles. The Hall–Kier alpha value is -0.810. The van der Waals surface area contributed by atoms with Crippen molar-refractivity contribution in [3.8, 4) is 0 Å². The Labute approximate surface area is 110 Å². The molecule has 0 aromatic heterocycles. The van der Waals surface area contributed by atoms with Crippen molar-refractivity contribution >= 4 is 5.84 Å². The summed E-state index contributed by atoms with van der Waals surface area (Å²) in [6.45, 7) is 6.15. The summed E-state index contributed by atoms with van der Waals surface area (Å²) in [5, 5.41) is 15.0. The highest BCUT2D eigenvalue weighted by atomic mass is 16.5. The lowest BCUT2D eigenvalue weighted by molar-refractivity contribution is -0.0929. The normalized spacial score (nSPS) is 24.1. The highest BCUT2D eigenvalue weighted by molar-refractivity contribution is 5.79. The van der Waals surface area contributed by atoms with E-state index >= 15 is 0 Å². The van der Waals surface area contributed by atoms with Gasteiger partial charge in [0, 0.05) is 19.1 Å². The van der Waals surface area contributed by atoms with Crippen molar-refractivity contribution in [2.75, 3.05) is 13.2 Å². The van der Waals surface area contributed by atoms with Crippen molar-refractivity contribution in [2.24, 2.45) is 10.9 Å². The van der Waals surface area contributed by atoms with Crippen molar-refractivity contribution in [3.05, 3.63) is 0 Å². The third-order valence-electron chi connectivity index (χ3n) is 3.95. The second-order valence-corrected chi connectivity index (χ2v) is 5.08. The van der Waals surface area contributed by atoms with E-state index in [1.165, 1.54) is 0 Å². The molecule has 1 fully saturated rings. The molecule has 0 bridgehead atoms. The first-order valence-corrected chi connectivity index (χ1v) is 6.99. The average molecular weight is 257 g/mol. The second kappa shape index (κ2) is 7.59. The van der Waals surface area contributed by atoms with Gasteiger partial charge in [0.15, 0.2) is 0 Å². The summed E-state index contributed by atoms with van der Waals surface area (Å²) in [4.78, 5) is 0. The lowest BCUT2D eigenvalue weighted by Gasteiger charge is -2.40. The Balaban J connectivity index is 2.26. The maximum absolute atomic E-state index is 8.44. The van der Waals surface area contributed by atoms with Gasteiger partial charge in [0.1, 0.15) is 5.84 Å². The van der Waals surface area contributed by atoms with Gasteiger partial charge in [-0.05, 0) is 38.6 Å². The van der Waals surface area contributed by atoms with Crippen LogP contribution in [-0.2, 0) is 4.74 Å². The summed E-state index contributed by atoms with van der Waals surface area (Å²) in [6.07, 6.45) is 5.85. The molecule has 0 aromatic carbocycles. The highest BCUT2D eigenvalue weighted by Crippen LogP contribution is 2.31. The molecule has 1 rings (SSSR count). The number of hydrogen-bond acceptors (Lipinski definition) is 4. The molecule has 5 nitrogen and oxygen atoms in total. The van der Waals surface area contributed by atoms with E-state index in [0.29, 0.717) is 18.3 Å². The molecule has 0 aliphatic carbocycles. The molecule has 1 heterocycles. The Morgan fingerprint density at radius 1 is 1.50 bits per heavy atom. The van der Waals surface area contributed by atoms with E-state index < -0.39 is 0 Å². The molecule has 1 aliphatic rings. The molecule has 0 aromatic rings. The number of ether oxygens (including phenoxy) is 1. The predicted molar refractivity (Wildman–Crippen MR) is 72.9 cm³/mol. The molecule has 1 atom stereocenters. The largest absolute Gasteiger partial charge is 0.409 e. The van der Waals surface area contributed by atoms with Crippen molar-refractivity contribution < 1.29 is 9.94 Å². The Bertz CT molecular complexity index is 265.